The molecule has 0 aliphatic heterocycles. The van der Waals surface area contributed by atoms with E-state index >= 15 is 0 Å². The van der Waals surface area contributed by atoms with Gasteiger partial charge in [0.1, 0.15) is 0 Å². The molecular weight excluding hydrogens is 282 g/mol. The van der Waals surface area contributed by atoms with Crippen molar-refractivity contribution in [3.05, 3.63) is 11.1 Å². The molecule has 0 unspecified atom stereocenters. The lowest BCUT2D eigenvalue weighted by atomic mass is 9.54. The maximum absolute atomic E-state index is 12.6. The molecule has 4 aliphatic rings. The summed E-state index contributed by atoms with van der Waals surface area (Å²) in [4.78, 5) is 18.9. The third-order valence-electron chi connectivity index (χ3n) is 5.92. The van der Waals surface area contributed by atoms with Gasteiger partial charge in [0.15, 0.2) is 5.13 Å². The van der Waals surface area contributed by atoms with Crippen molar-refractivity contribution < 1.29 is 4.79 Å². The number of carbonyl (C=O) groups excluding carboxylic acids is 1. The number of anilines is 1. The van der Waals surface area contributed by atoms with Crippen LogP contribution in [0.25, 0.3) is 0 Å². The smallest absolute Gasteiger partial charge is 0.228 e. The summed E-state index contributed by atoms with van der Waals surface area (Å²) in [5.41, 5.74) is 6.47. The van der Waals surface area contributed by atoms with Crippen molar-refractivity contribution in [2.45, 2.75) is 44.6 Å². The normalized spacial score (nSPS) is 36.9. The van der Waals surface area contributed by atoms with E-state index in [1.165, 1.54) is 43.4 Å². The summed E-state index contributed by atoms with van der Waals surface area (Å²) in [5, 5.41) is 2.45. The number of hydrogen-bond donors (Lipinski definition) is 1. The van der Waals surface area contributed by atoms with Crippen LogP contribution in [0.2, 0.25) is 0 Å². The summed E-state index contributed by atoms with van der Waals surface area (Å²) < 4.78 is 0. The first-order valence-corrected chi connectivity index (χ1v) is 8.93. The Morgan fingerprint density at radius 1 is 1.29 bits per heavy atom. The maximum atomic E-state index is 12.6. The Kier molecular flexibility index (Phi) is 3.21. The highest BCUT2D eigenvalue weighted by Gasteiger charge is 2.50. The second-order valence-corrected chi connectivity index (χ2v) is 8.17. The molecule has 0 radical (unpaired) electrons. The first-order valence-electron chi connectivity index (χ1n) is 8.05. The van der Waals surface area contributed by atoms with E-state index in [1.54, 1.807) is 0 Å². The number of rotatable bonds is 3. The van der Waals surface area contributed by atoms with Gasteiger partial charge < -0.3 is 10.6 Å². The van der Waals surface area contributed by atoms with Gasteiger partial charge in [-0.2, -0.15) is 0 Å². The summed E-state index contributed by atoms with van der Waals surface area (Å²) in [6, 6.07) is 0.473. The number of thiazole rings is 1. The predicted octanol–water partition coefficient (Wildman–Crippen LogP) is 2.55. The van der Waals surface area contributed by atoms with Crippen LogP contribution in [-0.4, -0.2) is 28.9 Å². The Bertz CT molecular complexity index is 527. The molecule has 4 nitrogen and oxygen atoms in total. The molecule has 1 aromatic rings. The van der Waals surface area contributed by atoms with E-state index in [4.69, 9.17) is 5.73 Å². The molecule has 21 heavy (non-hydrogen) atoms. The number of amides is 1. The number of aromatic nitrogens is 1. The molecule has 4 fully saturated rings. The van der Waals surface area contributed by atoms with Crippen molar-refractivity contribution in [1.29, 1.82) is 0 Å². The van der Waals surface area contributed by atoms with E-state index < -0.39 is 0 Å². The Balaban J connectivity index is 1.47. The third-order valence-corrected chi connectivity index (χ3v) is 6.64. The van der Waals surface area contributed by atoms with Crippen LogP contribution in [0.3, 0.4) is 0 Å². The molecule has 1 aromatic heterocycles. The molecule has 2 N–H and O–H groups in total. The van der Waals surface area contributed by atoms with Crippen LogP contribution in [0.5, 0.6) is 0 Å². The Morgan fingerprint density at radius 3 is 2.43 bits per heavy atom. The molecule has 0 aromatic carbocycles. The Labute approximate surface area is 129 Å². The average molecular weight is 305 g/mol. The zero-order valence-corrected chi connectivity index (χ0v) is 13.3. The minimum atomic E-state index is 0.206. The second kappa shape index (κ2) is 4.97. The standard InChI is InChI=1S/C16H23N3OS/c1-19(14(20)7-13-8-21-16(17)18-13)15-11-3-9-2-10(5-11)6-12(15)4-9/h8-12,15H,2-7H2,1H3,(H2,17,18). The Morgan fingerprint density at radius 2 is 1.90 bits per heavy atom. The fourth-order valence-corrected chi connectivity index (χ4v) is 5.94. The van der Waals surface area contributed by atoms with Crippen LogP contribution < -0.4 is 5.73 Å². The van der Waals surface area contributed by atoms with Crippen LogP contribution in [0, 0.1) is 23.7 Å². The molecule has 114 valence electrons. The van der Waals surface area contributed by atoms with Gasteiger partial charge in [0.2, 0.25) is 5.91 Å². The van der Waals surface area contributed by atoms with E-state index in [1.807, 2.05) is 17.3 Å². The molecule has 4 saturated carbocycles. The number of nitrogen functional groups attached to an aromatic ring is 1. The number of nitrogens with two attached hydrogens (primary N) is 1. The molecule has 4 aliphatic carbocycles. The van der Waals surface area contributed by atoms with Gasteiger partial charge in [-0.1, -0.05) is 0 Å². The van der Waals surface area contributed by atoms with Crippen LogP contribution in [0.1, 0.15) is 37.8 Å². The zero-order valence-electron chi connectivity index (χ0n) is 12.5. The lowest BCUT2D eigenvalue weighted by molar-refractivity contribution is -0.140. The molecule has 5 rings (SSSR count). The van der Waals surface area contributed by atoms with Gasteiger partial charge in [-0.3, -0.25) is 4.79 Å². The molecule has 1 amide bonds. The lowest BCUT2D eigenvalue weighted by Crippen LogP contribution is -2.56. The fourth-order valence-electron chi connectivity index (χ4n) is 5.38. The molecule has 0 atom stereocenters. The van der Waals surface area contributed by atoms with Gasteiger partial charge in [0.25, 0.3) is 0 Å². The van der Waals surface area contributed by atoms with Crippen molar-refractivity contribution in [2.75, 3.05) is 12.8 Å². The van der Waals surface area contributed by atoms with Gasteiger partial charge >= 0.3 is 0 Å². The van der Waals surface area contributed by atoms with Crippen LogP contribution in [0.15, 0.2) is 5.38 Å². The van der Waals surface area contributed by atoms with Crippen LogP contribution >= 0.6 is 11.3 Å². The van der Waals surface area contributed by atoms with Crippen molar-refractivity contribution in [2.24, 2.45) is 23.7 Å². The van der Waals surface area contributed by atoms with Crippen molar-refractivity contribution in [3.8, 4) is 0 Å². The first-order chi connectivity index (χ1) is 10.1. The Hall–Kier alpha value is -1.10. The largest absolute Gasteiger partial charge is 0.375 e. The van der Waals surface area contributed by atoms with E-state index in [0.29, 0.717) is 17.6 Å². The number of likely N-dealkylation sites (N-methyl/N-ethyl adjacent to an activating group) is 1. The number of hydrogen-bond acceptors (Lipinski definition) is 4. The zero-order chi connectivity index (χ0) is 14.6. The highest BCUT2D eigenvalue weighted by Crippen LogP contribution is 2.54. The van der Waals surface area contributed by atoms with Crippen LogP contribution in [0.4, 0.5) is 5.13 Å². The minimum Gasteiger partial charge on any atom is -0.375 e. The van der Waals surface area contributed by atoms with Crippen molar-refractivity contribution in [3.63, 3.8) is 0 Å². The third kappa shape index (κ3) is 2.35. The quantitative estimate of drug-likeness (QED) is 0.933. The van der Waals surface area contributed by atoms with Gasteiger partial charge in [0.05, 0.1) is 12.1 Å². The van der Waals surface area contributed by atoms with E-state index in [2.05, 4.69) is 4.98 Å². The molecule has 0 saturated heterocycles. The van der Waals surface area contributed by atoms with Crippen LogP contribution in [-0.2, 0) is 11.2 Å². The molecule has 5 heteroatoms. The van der Waals surface area contributed by atoms with Gasteiger partial charge in [-0.25, -0.2) is 4.98 Å². The number of nitrogens with zero attached hydrogens (tertiary/aromatic N) is 2. The van der Waals surface area contributed by atoms with E-state index in [0.717, 1.165) is 29.4 Å². The molecule has 0 spiro atoms. The maximum Gasteiger partial charge on any atom is 0.228 e. The topological polar surface area (TPSA) is 59.2 Å². The number of carbonyl (C=O) groups is 1. The average Bonchev–Trinajstić information content (AvgIpc) is 2.82. The van der Waals surface area contributed by atoms with E-state index in [9.17, 15) is 4.79 Å². The molecular formula is C16H23N3OS. The molecule has 4 bridgehead atoms. The summed E-state index contributed by atoms with van der Waals surface area (Å²) in [6.45, 7) is 0. The monoisotopic (exact) mass is 305 g/mol. The highest BCUT2D eigenvalue weighted by atomic mass is 32.1. The fraction of sp³-hybridized carbons (Fsp3) is 0.750. The predicted molar refractivity (Wildman–Crippen MR) is 83.8 cm³/mol. The first kappa shape index (κ1) is 13.6. The summed E-state index contributed by atoms with van der Waals surface area (Å²) in [5.74, 6) is 3.60. The highest BCUT2D eigenvalue weighted by molar-refractivity contribution is 7.13. The molecule has 1 heterocycles. The summed E-state index contributed by atoms with van der Waals surface area (Å²) in [6.07, 6.45) is 7.23. The van der Waals surface area contributed by atoms with Gasteiger partial charge in [-0.05, 0) is 55.8 Å². The SMILES string of the molecule is CN(C(=O)Cc1csc(N)n1)C1C2CC3CC(C2)CC1C3. The minimum absolute atomic E-state index is 0.206. The van der Waals surface area contributed by atoms with E-state index in [-0.39, 0.29) is 5.91 Å². The second-order valence-electron chi connectivity index (χ2n) is 7.28. The summed E-state index contributed by atoms with van der Waals surface area (Å²) >= 11 is 1.41. The van der Waals surface area contributed by atoms with Crippen molar-refractivity contribution >= 4 is 22.4 Å². The van der Waals surface area contributed by atoms with Crippen molar-refractivity contribution in [1.82, 2.24) is 9.88 Å². The van der Waals surface area contributed by atoms with Gasteiger partial charge in [-0.15, -0.1) is 11.3 Å². The van der Waals surface area contributed by atoms with Gasteiger partial charge in [0, 0.05) is 18.5 Å². The summed E-state index contributed by atoms with van der Waals surface area (Å²) in [7, 11) is 2.00. The lowest BCUT2D eigenvalue weighted by Gasteiger charge is -2.56.